The van der Waals surface area contributed by atoms with Crippen LogP contribution in [0.3, 0.4) is 0 Å². The Morgan fingerprint density at radius 3 is 2.27 bits per heavy atom. The highest BCUT2D eigenvalue weighted by Crippen LogP contribution is 2.62. The van der Waals surface area contributed by atoms with Crippen molar-refractivity contribution < 1.29 is 58.0 Å². The predicted molar refractivity (Wildman–Crippen MR) is 279 cm³/mol. The highest BCUT2D eigenvalue weighted by atomic mass is 16.7. The summed E-state index contributed by atoms with van der Waals surface area (Å²) in [6, 6.07) is 16.0. The molecule has 402 valence electrons. The van der Waals surface area contributed by atoms with E-state index in [2.05, 4.69) is 24.9 Å². The van der Waals surface area contributed by atoms with Gasteiger partial charge in [0.25, 0.3) is 5.69 Å². The number of nitrogens with one attached hydrogen (secondary N) is 1. The Morgan fingerprint density at radius 1 is 0.878 bits per heavy atom. The number of methoxy groups -OCH3 is 1. The van der Waals surface area contributed by atoms with Crippen molar-refractivity contribution in [3.8, 4) is 23.0 Å². The largest absolute Gasteiger partial charge is 0.459 e. The number of aliphatic hydroxyl groups excluding tert-OH is 2. The fourth-order valence-corrected chi connectivity index (χ4v) is 11.2. The fourth-order valence-electron chi connectivity index (χ4n) is 11.2. The minimum atomic E-state index is -1.60. The molecule has 3 aromatic carbocycles. The third-order valence-electron chi connectivity index (χ3n) is 14.8. The van der Waals surface area contributed by atoms with Crippen LogP contribution in [0.25, 0.3) is 0 Å². The summed E-state index contributed by atoms with van der Waals surface area (Å²) < 4.78 is 37.4. The Labute approximate surface area is 435 Å². The number of carbonyl (C=O) groups is 2. The number of rotatable bonds is 30. The van der Waals surface area contributed by atoms with Crippen molar-refractivity contribution in [1.29, 1.82) is 0 Å². The van der Waals surface area contributed by atoms with E-state index in [1.54, 1.807) is 41.3 Å². The van der Waals surface area contributed by atoms with Crippen molar-refractivity contribution in [3.63, 3.8) is 0 Å². The van der Waals surface area contributed by atoms with Crippen molar-refractivity contribution in [2.45, 2.75) is 147 Å². The van der Waals surface area contributed by atoms with Crippen LogP contribution in [0.1, 0.15) is 139 Å². The maximum atomic E-state index is 14.5. The third kappa shape index (κ3) is 14.0. The zero-order chi connectivity index (χ0) is 52.3. The number of hydrogen-bond acceptors (Lipinski definition) is 14. The van der Waals surface area contributed by atoms with Crippen molar-refractivity contribution in [1.82, 2.24) is 10.2 Å². The number of nitrogens with zero attached hydrogens (tertiary/aromatic N) is 3. The Morgan fingerprint density at radius 2 is 1.57 bits per heavy atom. The van der Waals surface area contributed by atoms with Crippen LogP contribution in [-0.4, -0.2) is 90.0 Å². The molecule has 0 radical (unpaired) electrons. The lowest BCUT2D eigenvalue weighted by Gasteiger charge is -2.59. The van der Waals surface area contributed by atoms with Gasteiger partial charge in [0.1, 0.15) is 24.1 Å². The number of oxime groups is 1. The normalized spacial score (nSPS) is 21.6. The van der Waals surface area contributed by atoms with E-state index in [9.17, 15) is 29.9 Å². The molecule has 74 heavy (non-hydrogen) atoms. The quantitative estimate of drug-likeness (QED) is 0.0246. The predicted octanol–water partition coefficient (Wildman–Crippen LogP) is 11.4. The minimum Gasteiger partial charge on any atom is -0.459 e. The summed E-state index contributed by atoms with van der Waals surface area (Å²) in [5, 5.41) is 39.3. The van der Waals surface area contributed by atoms with E-state index in [1.807, 2.05) is 18.2 Å². The zero-order valence-electron chi connectivity index (χ0n) is 43.2. The number of non-ortho nitro benzene ring substituents is 1. The second-order valence-electron chi connectivity index (χ2n) is 19.8. The fraction of sp³-hybridized carbons (Fsp3) is 0.561. The standard InChI is InChI=1S/C57H76N4O13/c1-4-6-7-8-9-10-11-12-13-16-29-58-55(64)73-44-26-28-49-47(35-44)53-45(20-15-18-31-63)42(19-14-17-30-62)34-46-48(59-72-38-40-21-24-43(25-22-40)61(66)67)36-52(57(74-49,54(46)53)71-32-5-2)60(56(65)68-3)37-41-23-27-50-51(33-41)70-39-69-50/h5,21-28,33-35,42,45,52-54,62-63H,2,4,6-20,29-32,36-39H2,1,3H3,(H,58,64). The Balaban J connectivity index is 1.28. The second-order valence-corrected chi connectivity index (χ2v) is 19.8. The summed E-state index contributed by atoms with van der Waals surface area (Å²) >= 11 is 0. The maximum Gasteiger partial charge on any atom is 0.412 e. The Kier molecular flexibility index (Phi) is 21.0. The first-order chi connectivity index (χ1) is 36.1. The molecule has 2 amide bonds. The molecule has 0 bridgehead atoms. The molecule has 17 heteroatoms. The molecule has 0 aromatic heterocycles. The van der Waals surface area contributed by atoms with E-state index >= 15 is 0 Å². The second kappa shape index (κ2) is 27.9. The Hall–Kier alpha value is -6.17. The van der Waals surface area contributed by atoms with Gasteiger partial charge in [0.2, 0.25) is 12.6 Å². The van der Waals surface area contributed by atoms with E-state index in [0.29, 0.717) is 66.5 Å². The van der Waals surface area contributed by atoms with Gasteiger partial charge >= 0.3 is 12.2 Å². The molecule has 6 unspecified atom stereocenters. The molecule has 1 saturated carbocycles. The van der Waals surface area contributed by atoms with Crippen LogP contribution >= 0.6 is 0 Å². The van der Waals surface area contributed by atoms with Crippen molar-refractivity contribution in [2.75, 3.05) is 40.3 Å². The summed E-state index contributed by atoms with van der Waals surface area (Å²) in [4.78, 5) is 46.7. The molecule has 2 aliphatic heterocycles. The number of aliphatic hydroxyl groups is 2. The zero-order valence-corrected chi connectivity index (χ0v) is 43.2. The van der Waals surface area contributed by atoms with Crippen LogP contribution in [0.4, 0.5) is 15.3 Å². The van der Waals surface area contributed by atoms with E-state index in [4.69, 9.17) is 38.4 Å². The molecule has 2 heterocycles. The van der Waals surface area contributed by atoms with Crippen LogP contribution in [0.2, 0.25) is 0 Å². The van der Waals surface area contributed by atoms with Gasteiger partial charge in [-0.05, 0) is 103 Å². The van der Waals surface area contributed by atoms with Crippen molar-refractivity contribution in [3.05, 3.63) is 112 Å². The topological polar surface area (TPSA) is 210 Å². The molecular weight excluding hydrogens is 949 g/mol. The lowest BCUT2D eigenvalue weighted by atomic mass is 9.55. The number of carbonyl (C=O) groups excluding carboxylic acids is 2. The molecule has 6 atom stereocenters. The smallest absolute Gasteiger partial charge is 0.412 e. The third-order valence-corrected chi connectivity index (χ3v) is 14.8. The van der Waals surface area contributed by atoms with E-state index in [1.165, 1.54) is 64.2 Å². The van der Waals surface area contributed by atoms with Gasteiger partial charge < -0.3 is 48.8 Å². The monoisotopic (exact) mass is 1020 g/mol. The number of nitro benzene ring substituents is 1. The SMILES string of the molecule is C=CCOC12Oc3ccc(OC(=O)NCCCCCCCCCCCC)cc3C3C(CCCCO)C(CCCCO)C=C(C(=NOCc4ccc([N+](=O)[O-])cc4)CC1N(Cc1ccc4c(c1)OCO4)C(=O)OC)C32. The molecule has 2 aliphatic carbocycles. The van der Waals surface area contributed by atoms with Gasteiger partial charge in [-0.1, -0.05) is 101 Å². The summed E-state index contributed by atoms with van der Waals surface area (Å²) in [6.45, 7) is 6.96. The summed E-state index contributed by atoms with van der Waals surface area (Å²) in [5.41, 5.74) is 3.45. The number of unbranched alkanes of at least 4 members (excludes halogenated alkanes) is 11. The maximum absolute atomic E-state index is 14.5. The van der Waals surface area contributed by atoms with Gasteiger partial charge in [0.15, 0.2) is 11.5 Å². The van der Waals surface area contributed by atoms with Gasteiger partial charge in [-0.2, -0.15) is 0 Å². The lowest BCUT2D eigenvalue weighted by molar-refractivity contribution is -0.384. The van der Waals surface area contributed by atoms with E-state index in [0.717, 1.165) is 48.8 Å². The molecule has 4 aliphatic rings. The van der Waals surface area contributed by atoms with E-state index in [-0.39, 0.29) is 63.7 Å². The van der Waals surface area contributed by atoms with Gasteiger partial charge in [0, 0.05) is 56.3 Å². The molecule has 1 fully saturated rings. The number of benzene rings is 3. The highest BCUT2D eigenvalue weighted by molar-refractivity contribution is 6.03. The Bertz CT molecular complexity index is 2390. The van der Waals surface area contributed by atoms with Gasteiger partial charge in [0.05, 0.1) is 30.3 Å². The number of fused-ring (bicyclic) bond motifs is 3. The lowest BCUT2D eigenvalue weighted by Crippen LogP contribution is -2.70. The first-order valence-corrected chi connectivity index (χ1v) is 26.8. The average Bonchev–Trinajstić information content (AvgIpc) is 3.92. The summed E-state index contributed by atoms with van der Waals surface area (Å²) in [6.07, 6.45) is 18.7. The van der Waals surface area contributed by atoms with Crippen LogP contribution in [0, 0.1) is 27.9 Å². The number of hydrogen-bond donors (Lipinski definition) is 3. The van der Waals surface area contributed by atoms with Crippen LogP contribution in [-0.2, 0) is 27.5 Å². The minimum absolute atomic E-state index is 0.00540. The van der Waals surface area contributed by atoms with Gasteiger partial charge in [-0.15, -0.1) is 6.58 Å². The first-order valence-electron chi connectivity index (χ1n) is 26.8. The van der Waals surface area contributed by atoms with Gasteiger partial charge in [-0.3, -0.25) is 15.0 Å². The molecule has 3 aromatic rings. The summed E-state index contributed by atoms with van der Waals surface area (Å²) in [7, 11) is 1.33. The number of amides is 2. The van der Waals surface area contributed by atoms with Gasteiger partial charge in [-0.25, -0.2) is 9.59 Å². The first kappa shape index (κ1) is 55.6. The number of ether oxygens (including phenoxy) is 6. The number of allylic oxidation sites excluding steroid dienone is 1. The van der Waals surface area contributed by atoms with Crippen molar-refractivity contribution >= 4 is 23.6 Å². The van der Waals surface area contributed by atoms with Crippen LogP contribution in [0.5, 0.6) is 23.0 Å². The summed E-state index contributed by atoms with van der Waals surface area (Å²) in [5.74, 6) is -0.853. The number of nitro groups is 1. The molecule has 17 nitrogen and oxygen atoms in total. The van der Waals surface area contributed by atoms with Crippen molar-refractivity contribution in [2.24, 2.45) is 22.9 Å². The molecule has 3 N–H and O–H groups in total. The molecule has 0 saturated heterocycles. The molecular formula is C57H76N4O13. The molecule has 7 rings (SSSR count). The van der Waals surface area contributed by atoms with Crippen LogP contribution in [0.15, 0.2) is 90.1 Å². The molecule has 0 spiro atoms. The highest BCUT2D eigenvalue weighted by Gasteiger charge is 2.65. The van der Waals surface area contributed by atoms with Crippen LogP contribution < -0.4 is 24.3 Å². The average molecular weight is 1030 g/mol. The van der Waals surface area contributed by atoms with E-state index < -0.39 is 40.8 Å².